The zero-order chi connectivity index (χ0) is 23.1. The van der Waals surface area contributed by atoms with Gasteiger partial charge in [0.05, 0.1) is 0 Å². The molecule has 0 radical (unpaired) electrons. The number of nitrogens with one attached hydrogen (secondary N) is 3. The van der Waals surface area contributed by atoms with Crippen LogP contribution < -0.4 is 16.0 Å². The van der Waals surface area contributed by atoms with E-state index in [4.69, 9.17) is 4.74 Å². The maximum Gasteiger partial charge on any atom is 0.306 e. The number of halogens is 1. The fourth-order valence-corrected chi connectivity index (χ4v) is 3.00. The van der Waals surface area contributed by atoms with Crippen LogP contribution in [0.25, 0.3) is 0 Å². The topological polar surface area (TPSA) is 91.8 Å². The smallest absolute Gasteiger partial charge is 0.306 e. The summed E-state index contributed by atoms with van der Waals surface area (Å²) in [5.74, 6) is 0.611. The van der Waals surface area contributed by atoms with Gasteiger partial charge >= 0.3 is 5.97 Å². The number of esters is 1. The number of unbranched alkanes of at least 4 members (excludes halogenated alkanes) is 3. The molecule has 0 atom stereocenters. The van der Waals surface area contributed by atoms with E-state index in [0.29, 0.717) is 12.0 Å². The highest BCUT2D eigenvalue weighted by Gasteiger charge is 2.15. The zero-order valence-corrected chi connectivity index (χ0v) is 22.6. The molecule has 0 aliphatic rings. The molecule has 0 aliphatic carbocycles. The molecule has 0 heterocycles. The molecule has 1 amide bonds. The number of aliphatic imine (C=N–C) groups is 1. The van der Waals surface area contributed by atoms with Gasteiger partial charge < -0.3 is 20.7 Å². The highest BCUT2D eigenvalue weighted by molar-refractivity contribution is 14.0. The zero-order valence-electron chi connectivity index (χ0n) is 20.3. The molecule has 0 aromatic heterocycles. The number of carbonyl (C=O) groups excluding carboxylic acids is 2. The number of rotatable bonds is 12. The Balaban J connectivity index is 0.00000961. The highest BCUT2D eigenvalue weighted by atomic mass is 127. The first-order valence-corrected chi connectivity index (χ1v) is 11.3. The monoisotopic (exact) mass is 560 g/mol. The minimum atomic E-state index is -0.408. The Hall–Kier alpha value is -1.84. The van der Waals surface area contributed by atoms with E-state index in [1.54, 1.807) is 7.05 Å². The highest BCUT2D eigenvalue weighted by Crippen LogP contribution is 2.11. The van der Waals surface area contributed by atoms with E-state index < -0.39 is 5.60 Å². The molecule has 182 valence electrons. The second kappa shape index (κ2) is 16.7. The van der Waals surface area contributed by atoms with Gasteiger partial charge in [0.1, 0.15) is 5.60 Å². The summed E-state index contributed by atoms with van der Waals surface area (Å²) in [6.07, 6.45) is 5.16. The molecule has 32 heavy (non-hydrogen) atoms. The lowest BCUT2D eigenvalue weighted by molar-refractivity contribution is -0.154. The Morgan fingerprint density at radius 3 is 2.44 bits per heavy atom. The van der Waals surface area contributed by atoms with Gasteiger partial charge in [0, 0.05) is 38.7 Å². The van der Waals surface area contributed by atoms with Crippen molar-refractivity contribution in [1.82, 2.24) is 16.0 Å². The predicted octanol–water partition coefficient (Wildman–Crippen LogP) is 4.05. The number of amides is 1. The van der Waals surface area contributed by atoms with Crippen LogP contribution in [-0.2, 0) is 16.0 Å². The van der Waals surface area contributed by atoms with Crippen molar-refractivity contribution in [3.63, 3.8) is 0 Å². The maximum absolute atomic E-state index is 11.8. The van der Waals surface area contributed by atoms with Crippen LogP contribution >= 0.6 is 24.0 Å². The second-order valence-electron chi connectivity index (χ2n) is 8.47. The lowest BCUT2D eigenvalue weighted by Gasteiger charge is -2.19. The van der Waals surface area contributed by atoms with E-state index in [-0.39, 0.29) is 35.9 Å². The Bertz CT molecular complexity index is 717. The molecule has 1 aromatic carbocycles. The standard InChI is InChI=1S/C24H40N4O3.HI/c1-6-26-23(27-16-10-8-7-9-14-21(29)31-24(2,3)4)28-17-15-19-12-11-13-20(18-19)22(30)25-5;/h11-13,18H,6-10,14-17H2,1-5H3,(H,25,30)(H2,26,27,28);1H. The summed E-state index contributed by atoms with van der Waals surface area (Å²) >= 11 is 0. The summed E-state index contributed by atoms with van der Waals surface area (Å²) in [5.41, 5.74) is 1.37. The quantitative estimate of drug-likeness (QED) is 0.118. The van der Waals surface area contributed by atoms with Crippen LogP contribution in [0.2, 0.25) is 0 Å². The lowest BCUT2D eigenvalue weighted by atomic mass is 10.1. The van der Waals surface area contributed by atoms with Gasteiger partial charge in [-0.25, -0.2) is 0 Å². The van der Waals surface area contributed by atoms with Gasteiger partial charge in [-0.3, -0.25) is 14.6 Å². The van der Waals surface area contributed by atoms with E-state index >= 15 is 0 Å². The van der Waals surface area contributed by atoms with Crippen molar-refractivity contribution in [3.8, 4) is 0 Å². The summed E-state index contributed by atoms with van der Waals surface area (Å²) < 4.78 is 5.32. The Kier molecular flexibility index (Phi) is 15.8. The minimum absolute atomic E-state index is 0. The molecular weight excluding hydrogens is 519 g/mol. The van der Waals surface area contributed by atoms with Crippen LogP contribution in [0.4, 0.5) is 0 Å². The van der Waals surface area contributed by atoms with Crippen LogP contribution in [0.15, 0.2) is 29.3 Å². The van der Waals surface area contributed by atoms with E-state index in [0.717, 1.165) is 63.3 Å². The van der Waals surface area contributed by atoms with Crippen LogP contribution in [0.3, 0.4) is 0 Å². The molecule has 1 aromatic rings. The molecule has 0 saturated carbocycles. The van der Waals surface area contributed by atoms with Crippen molar-refractivity contribution in [2.75, 3.05) is 26.7 Å². The summed E-state index contributed by atoms with van der Waals surface area (Å²) in [7, 11) is 1.64. The maximum atomic E-state index is 11.8. The van der Waals surface area contributed by atoms with Crippen molar-refractivity contribution in [3.05, 3.63) is 35.4 Å². The van der Waals surface area contributed by atoms with Crippen LogP contribution in [0, 0.1) is 0 Å². The third-order valence-electron chi connectivity index (χ3n) is 4.45. The first-order chi connectivity index (χ1) is 14.7. The minimum Gasteiger partial charge on any atom is -0.460 e. The predicted molar refractivity (Wildman–Crippen MR) is 142 cm³/mol. The summed E-state index contributed by atoms with van der Waals surface area (Å²) in [5, 5.41) is 9.26. The van der Waals surface area contributed by atoms with Crippen LogP contribution in [0.1, 0.15) is 75.7 Å². The average Bonchev–Trinajstić information content (AvgIpc) is 2.71. The van der Waals surface area contributed by atoms with E-state index in [1.165, 1.54) is 0 Å². The fourth-order valence-electron chi connectivity index (χ4n) is 3.00. The van der Waals surface area contributed by atoms with Gasteiger partial charge in [0.2, 0.25) is 0 Å². The number of guanidine groups is 1. The van der Waals surface area contributed by atoms with Gasteiger partial charge in [-0.05, 0) is 64.7 Å². The summed E-state index contributed by atoms with van der Waals surface area (Å²) in [6.45, 7) is 9.99. The van der Waals surface area contributed by atoms with Gasteiger partial charge in [0.25, 0.3) is 5.91 Å². The number of nitrogens with zero attached hydrogens (tertiary/aromatic N) is 1. The number of ether oxygens (including phenoxy) is 1. The molecule has 0 fully saturated rings. The molecule has 0 bridgehead atoms. The third kappa shape index (κ3) is 14.3. The van der Waals surface area contributed by atoms with Crippen LogP contribution in [0.5, 0.6) is 0 Å². The van der Waals surface area contributed by atoms with Crippen molar-refractivity contribution in [2.24, 2.45) is 4.99 Å². The molecular formula is C24H41IN4O3. The van der Waals surface area contributed by atoms with Crippen molar-refractivity contribution >= 4 is 41.8 Å². The molecule has 7 nitrogen and oxygen atoms in total. The fraction of sp³-hybridized carbons (Fsp3) is 0.625. The van der Waals surface area contributed by atoms with E-state index in [9.17, 15) is 9.59 Å². The second-order valence-corrected chi connectivity index (χ2v) is 8.47. The van der Waals surface area contributed by atoms with Crippen molar-refractivity contribution in [1.29, 1.82) is 0 Å². The molecule has 8 heteroatoms. The van der Waals surface area contributed by atoms with Gasteiger partial charge in [-0.2, -0.15) is 0 Å². The molecule has 0 aliphatic heterocycles. The summed E-state index contributed by atoms with van der Waals surface area (Å²) in [6, 6.07) is 7.66. The number of hydrogen-bond acceptors (Lipinski definition) is 4. The molecule has 3 N–H and O–H groups in total. The van der Waals surface area contributed by atoms with Gasteiger partial charge in [0.15, 0.2) is 5.96 Å². The molecule has 1 rings (SSSR count). The van der Waals surface area contributed by atoms with Crippen LogP contribution in [-0.4, -0.2) is 50.1 Å². The Morgan fingerprint density at radius 1 is 1.06 bits per heavy atom. The molecule has 0 unspecified atom stereocenters. The van der Waals surface area contributed by atoms with E-state index in [2.05, 4.69) is 20.9 Å². The number of benzene rings is 1. The summed E-state index contributed by atoms with van der Waals surface area (Å²) in [4.78, 5) is 28.1. The SMILES string of the molecule is CCNC(=NCCCCCCC(=O)OC(C)(C)C)NCCc1cccc(C(=O)NC)c1.I. The van der Waals surface area contributed by atoms with Crippen molar-refractivity contribution < 1.29 is 14.3 Å². The van der Waals surface area contributed by atoms with Gasteiger partial charge in [-0.1, -0.05) is 25.0 Å². The first-order valence-electron chi connectivity index (χ1n) is 11.3. The largest absolute Gasteiger partial charge is 0.460 e. The van der Waals surface area contributed by atoms with Crippen molar-refractivity contribution in [2.45, 2.75) is 71.8 Å². The molecule has 0 saturated heterocycles. The number of hydrogen-bond donors (Lipinski definition) is 3. The van der Waals surface area contributed by atoms with E-state index in [1.807, 2.05) is 52.0 Å². The lowest BCUT2D eigenvalue weighted by Crippen LogP contribution is -2.38. The third-order valence-corrected chi connectivity index (χ3v) is 4.45. The normalized spacial score (nSPS) is 11.3. The first kappa shape index (κ1) is 30.2. The number of carbonyl (C=O) groups is 2. The average molecular weight is 561 g/mol. The molecule has 0 spiro atoms. The van der Waals surface area contributed by atoms with Gasteiger partial charge in [-0.15, -0.1) is 24.0 Å². The Morgan fingerprint density at radius 2 is 1.78 bits per heavy atom. The Labute approximate surface area is 210 Å².